The minimum absolute atomic E-state index is 0.0270. The number of amides is 1. The largest absolute Gasteiger partial charge is 0.488 e. The van der Waals surface area contributed by atoms with Gasteiger partial charge in [-0.2, -0.15) is 10.4 Å². The van der Waals surface area contributed by atoms with Crippen molar-refractivity contribution < 1.29 is 18.7 Å². The predicted molar refractivity (Wildman–Crippen MR) is 139 cm³/mol. The molecular weight excluding hydrogens is 485 g/mol. The van der Waals surface area contributed by atoms with Crippen molar-refractivity contribution in [1.29, 1.82) is 5.26 Å². The summed E-state index contributed by atoms with van der Waals surface area (Å²) in [5, 5.41) is 17.0. The first-order chi connectivity index (χ1) is 18.4. The highest BCUT2D eigenvalue weighted by Crippen LogP contribution is 2.43. The van der Waals surface area contributed by atoms with E-state index in [0.717, 1.165) is 0 Å². The molecule has 9 heteroatoms. The van der Waals surface area contributed by atoms with Gasteiger partial charge in [0.15, 0.2) is 5.92 Å². The van der Waals surface area contributed by atoms with Gasteiger partial charge in [0.05, 0.1) is 17.5 Å². The number of rotatable bonds is 7. The predicted octanol–water partition coefficient (Wildman–Crippen LogP) is 4.59. The lowest BCUT2D eigenvalue weighted by molar-refractivity contribution is -0.117. The van der Waals surface area contributed by atoms with Crippen molar-refractivity contribution in [3.63, 3.8) is 0 Å². The number of para-hydroxylation sites is 2. The zero-order valence-corrected chi connectivity index (χ0v) is 20.8. The number of anilines is 1. The third-order valence-electron chi connectivity index (χ3n) is 6.15. The molecule has 190 valence electrons. The minimum atomic E-state index is -1.64. The molecule has 0 saturated carbocycles. The standard InChI is InChI=1S/C29H24FN5O3/c1-34(2)16-18-13-19(30)14-22-26-24(17-38-28(18)22)25(33-35(26)21-11-7-4-8-12-21)27(36)23(15-31)29(37)32-20-9-5-3-6-10-20/h3-14,23H,16-17H2,1-2H3,(H,32,37). The van der Waals surface area contributed by atoms with E-state index in [4.69, 9.17) is 4.74 Å². The van der Waals surface area contributed by atoms with Crippen molar-refractivity contribution in [2.45, 2.75) is 13.2 Å². The van der Waals surface area contributed by atoms with E-state index < -0.39 is 23.4 Å². The van der Waals surface area contributed by atoms with E-state index in [9.17, 15) is 19.2 Å². The topological polar surface area (TPSA) is 100 Å². The smallest absolute Gasteiger partial charge is 0.249 e. The normalized spacial score (nSPS) is 12.6. The molecule has 0 saturated heterocycles. The Labute approximate surface area is 218 Å². The van der Waals surface area contributed by atoms with E-state index in [2.05, 4.69) is 10.4 Å². The number of ether oxygens (including phenoxy) is 1. The van der Waals surface area contributed by atoms with Crippen LogP contribution in [0.25, 0.3) is 16.9 Å². The summed E-state index contributed by atoms with van der Waals surface area (Å²) in [5.74, 6) is -3.12. The summed E-state index contributed by atoms with van der Waals surface area (Å²) in [6.07, 6.45) is 0. The van der Waals surface area contributed by atoms with Crippen molar-refractivity contribution in [1.82, 2.24) is 14.7 Å². The summed E-state index contributed by atoms with van der Waals surface area (Å²) in [7, 11) is 3.75. The highest BCUT2D eigenvalue weighted by molar-refractivity contribution is 6.15. The highest BCUT2D eigenvalue weighted by atomic mass is 19.1. The fourth-order valence-electron chi connectivity index (χ4n) is 4.53. The first-order valence-corrected chi connectivity index (χ1v) is 11.9. The fourth-order valence-corrected chi connectivity index (χ4v) is 4.53. The number of Topliss-reactive ketones (excluding diaryl/α,β-unsaturated/α-hetero) is 1. The zero-order chi connectivity index (χ0) is 26.8. The summed E-state index contributed by atoms with van der Waals surface area (Å²) < 4.78 is 22.4. The van der Waals surface area contributed by atoms with Gasteiger partial charge in [0.25, 0.3) is 0 Å². The lowest BCUT2D eigenvalue weighted by atomic mass is 9.94. The Kier molecular flexibility index (Phi) is 6.73. The Morgan fingerprint density at radius 3 is 2.47 bits per heavy atom. The van der Waals surface area contributed by atoms with Gasteiger partial charge in [-0.25, -0.2) is 9.07 Å². The molecule has 0 fully saturated rings. The average Bonchev–Trinajstić information content (AvgIpc) is 3.30. The molecule has 1 atom stereocenters. The maximum absolute atomic E-state index is 14.8. The van der Waals surface area contributed by atoms with Gasteiger partial charge < -0.3 is 15.0 Å². The second kappa shape index (κ2) is 10.3. The fraction of sp³-hybridized carbons (Fsp3) is 0.172. The first-order valence-electron chi connectivity index (χ1n) is 11.9. The molecule has 0 aliphatic carbocycles. The quantitative estimate of drug-likeness (QED) is 0.289. The molecule has 1 aliphatic rings. The number of fused-ring (bicyclic) bond motifs is 3. The van der Waals surface area contributed by atoms with E-state index in [1.165, 1.54) is 12.1 Å². The third kappa shape index (κ3) is 4.65. The van der Waals surface area contributed by atoms with Crippen LogP contribution in [0, 0.1) is 23.1 Å². The van der Waals surface area contributed by atoms with Gasteiger partial charge >= 0.3 is 0 Å². The molecule has 1 aliphatic heterocycles. The van der Waals surface area contributed by atoms with Crippen LogP contribution >= 0.6 is 0 Å². The number of nitrogens with one attached hydrogen (secondary N) is 1. The zero-order valence-electron chi connectivity index (χ0n) is 20.8. The molecule has 8 nitrogen and oxygen atoms in total. The Morgan fingerprint density at radius 1 is 1.13 bits per heavy atom. The van der Waals surface area contributed by atoms with Crippen LogP contribution in [0.2, 0.25) is 0 Å². The molecule has 0 spiro atoms. The molecule has 3 aromatic carbocycles. The Hall–Kier alpha value is -4.81. The van der Waals surface area contributed by atoms with Crippen molar-refractivity contribution >= 4 is 17.4 Å². The maximum Gasteiger partial charge on any atom is 0.249 e. The minimum Gasteiger partial charge on any atom is -0.488 e. The average molecular weight is 510 g/mol. The molecular formula is C29H24FN5O3. The number of ketones is 1. The summed E-state index contributed by atoms with van der Waals surface area (Å²) >= 11 is 0. The van der Waals surface area contributed by atoms with Crippen molar-refractivity contribution in [3.05, 3.63) is 95.4 Å². The number of nitrogens with zero attached hydrogens (tertiary/aromatic N) is 4. The summed E-state index contributed by atoms with van der Waals surface area (Å²) in [5.41, 5.74) is 3.01. The van der Waals surface area contributed by atoms with Gasteiger partial charge in [0.2, 0.25) is 11.7 Å². The number of nitriles is 1. The lowest BCUT2D eigenvalue weighted by Gasteiger charge is -2.24. The van der Waals surface area contributed by atoms with Crippen LogP contribution in [0.5, 0.6) is 5.75 Å². The van der Waals surface area contributed by atoms with Crippen LogP contribution in [0.3, 0.4) is 0 Å². The van der Waals surface area contributed by atoms with Gasteiger partial charge in [-0.05, 0) is 50.5 Å². The van der Waals surface area contributed by atoms with Crippen LogP contribution in [0.4, 0.5) is 10.1 Å². The number of benzene rings is 3. The van der Waals surface area contributed by atoms with E-state index in [-0.39, 0.29) is 12.3 Å². The van der Waals surface area contributed by atoms with Crippen LogP contribution < -0.4 is 10.1 Å². The number of halogens is 1. The van der Waals surface area contributed by atoms with Crippen molar-refractivity contribution in [3.8, 4) is 28.8 Å². The van der Waals surface area contributed by atoms with E-state index >= 15 is 0 Å². The van der Waals surface area contributed by atoms with Crippen LogP contribution in [0.1, 0.15) is 21.6 Å². The first kappa shape index (κ1) is 24.9. The molecule has 2 heterocycles. The third-order valence-corrected chi connectivity index (χ3v) is 6.15. The molecule has 0 radical (unpaired) electrons. The monoisotopic (exact) mass is 509 g/mol. The van der Waals surface area contributed by atoms with Gasteiger partial charge in [-0.15, -0.1) is 0 Å². The van der Waals surface area contributed by atoms with Gasteiger partial charge in [-0.1, -0.05) is 36.4 Å². The highest BCUT2D eigenvalue weighted by Gasteiger charge is 2.37. The molecule has 4 aromatic rings. The van der Waals surface area contributed by atoms with Gasteiger partial charge in [0.1, 0.15) is 23.9 Å². The number of hydrogen-bond donors (Lipinski definition) is 1. The SMILES string of the molecule is CN(C)Cc1cc(F)cc2c1OCc1c(C(=O)C(C#N)C(=O)Nc3ccccc3)nn(-c3ccccc3)c1-2. The molecule has 1 unspecified atom stereocenters. The van der Waals surface area contributed by atoms with Crippen molar-refractivity contribution in [2.24, 2.45) is 5.92 Å². The summed E-state index contributed by atoms with van der Waals surface area (Å²) in [4.78, 5) is 28.4. The second-order valence-corrected chi connectivity index (χ2v) is 9.17. The van der Waals surface area contributed by atoms with Crippen LogP contribution in [-0.2, 0) is 17.9 Å². The molecule has 1 N–H and O–H groups in total. The molecule has 0 bridgehead atoms. The number of carbonyl (C=O) groups is 2. The Balaban J connectivity index is 1.63. The van der Waals surface area contributed by atoms with Gasteiger partial charge in [-0.3, -0.25) is 9.59 Å². The molecule has 5 rings (SSSR count). The van der Waals surface area contributed by atoms with Crippen LogP contribution in [-0.4, -0.2) is 40.5 Å². The summed E-state index contributed by atoms with van der Waals surface area (Å²) in [6, 6.07) is 22.3. The van der Waals surface area contributed by atoms with E-state index in [1.807, 2.05) is 43.3 Å². The second-order valence-electron chi connectivity index (χ2n) is 9.17. The molecule has 38 heavy (non-hydrogen) atoms. The molecule has 1 amide bonds. The molecule has 1 aromatic heterocycles. The number of aromatic nitrogens is 2. The Morgan fingerprint density at radius 2 is 1.82 bits per heavy atom. The number of hydrogen-bond acceptors (Lipinski definition) is 6. The van der Waals surface area contributed by atoms with E-state index in [0.29, 0.717) is 46.1 Å². The Bertz CT molecular complexity index is 1560. The van der Waals surface area contributed by atoms with Gasteiger partial charge in [0, 0.05) is 28.9 Å². The maximum atomic E-state index is 14.8. The van der Waals surface area contributed by atoms with E-state index in [1.54, 1.807) is 47.1 Å². The lowest BCUT2D eigenvalue weighted by Crippen LogP contribution is -2.29. The summed E-state index contributed by atoms with van der Waals surface area (Å²) in [6.45, 7) is 0.414. The van der Waals surface area contributed by atoms with Crippen molar-refractivity contribution in [2.75, 3.05) is 19.4 Å². The number of carbonyl (C=O) groups excluding carboxylic acids is 2. The van der Waals surface area contributed by atoms with Crippen LogP contribution in [0.15, 0.2) is 72.8 Å².